The molecule has 4 nitrogen and oxygen atoms in total. The maximum Gasteiger partial charge on any atom is 0.192 e. The van der Waals surface area contributed by atoms with Crippen LogP contribution in [0.3, 0.4) is 0 Å². The Morgan fingerprint density at radius 1 is 1.50 bits per heavy atom. The van der Waals surface area contributed by atoms with Crippen LogP contribution in [-0.2, 0) is 0 Å². The molecule has 1 N–H and O–H groups in total. The zero-order valence-corrected chi connectivity index (χ0v) is 10.6. The molecule has 0 amide bonds. The molecule has 4 heteroatoms. The van der Waals surface area contributed by atoms with Crippen molar-refractivity contribution in [3.05, 3.63) is 29.7 Å². The number of oxazole rings is 1. The minimum absolute atomic E-state index is 0.179. The minimum Gasteiger partial charge on any atom is -0.441 e. The molecule has 0 saturated heterocycles. The molecule has 1 saturated carbocycles. The standard InChI is InChI=1S/C14H16N2O2/c1-9-16-11-7-10(3-4-12(11)18-9)13(17)14(5-6-14)8-15-2/h3-4,7,15H,5-6,8H2,1-2H3. The highest BCUT2D eigenvalue weighted by Gasteiger charge is 2.49. The number of fused-ring (bicyclic) bond motifs is 1. The van der Waals surface area contributed by atoms with E-state index in [-0.39, 0.29) is 11.2 Å². The van der Waals surface area contributed by atoms with Crippen molar-refractivity contribution < 1.29 is 9.21 Å². The fraction of sp³-hybridized carbons (Fsp3) is 0.429. The molecule has 1 heterocycles. The smallest absolute Gasteiger partial charge is 0.192 e. The monoisotopic (exact) mass is 244 g/mol. The number of Topliss-reactive ketones (excluding diaryl/α,β-unsaturated/α-hetero) is 1. The molecule has 0 bridgehead atoms. The van der Waals surface area contributed by atoms with Crippen molar-refractivity contribution in [3.8, 4) is 0 Å². The lowest BCUT2D eigenvalue weighted by atomic mass is 9.94. The van der Waals surface area contributed by atoms with Gasteiger partial charge in [0.15, 0.2) is 17.3 Å². The minimum atomic E-state index is -0.179. The highest BCUT2D eigenvalue weighted by Crippen LogP contribution is 2.47. The van der Waals surface area contributed by atoms with Crippen LogP contribution in [0, 0.1) is 12.3 Å². The second kappa shape index (κ2) is 3.92. The van der Waals surface area contributed by atoms with Gasteiger partial charge in [-0.2, -0.15) is 0 Å². The number of carbonyl (C=O) groups excluding carboxylic acids is 1. The SMILES string of the molecule is CNCC1(C(=O)c2ccc3oc(C)nc3c2)CC1. The summed E-state index contributed by atoms with van der Waals surface area (Å²) < 4.78 is 5.42. The number of hydrogen-bond donors (Lipinski definition) is 1. The largest absolute Gasteiger partial charge is 0.441 e. The fourth-order valence-corrected chi connectivity index (χ4v) is 2.46. The summed E-state index contributed by atoms with van der Waals surface area (Å²) in [4.78, 5) is 16.7. The Labute approximate surface area is 105 Å². The van der Waals surface area contributed by atoms with Crippen molar-refractivity contribution in [2.24, 2.45) is 5.41 Å². The van der Waals surface area contributed by atoms with Crippen molar-refractivity contribution in [1.29, 1.82) is 0 Å². The van der Waals surface area contributed by atoms with Crippen LogP contribution in [0.2, 0.25) is 0 Å². The normalized spacial score (nSPS) is 17.0. The first kappa shape index (κ1) is 11.4. The molecule has 1 fully saturated rings. The van der Waals surface area contributed by atoms with Crippen LogP contribution in [-0.4, -0.2) is 24.4 Å². The van der Waals surface area contributed by atoms with Gasteiger partial charge in [-0.3, -0.25) is 4.79 Å². The average Bonchev–Trinajstić information content (AvgIpc) is 3.02. The lowest BCUT2D eigenvalue weighted by Gasteiger charge is -2.12. The zero-order valence-electron chi connectivity index (χ0n) is 10.6. The summed E-state index contributed by atoms with van der Waals surface area (Å²) >= 11 is 0. The molecule has 0 spiro atoms. The van der Waals surface area contributed by atoms with E-state index in [0.717, 1.165) is 36.0 Å². The number of benzene rings is 1. The fourth-order valence-electron chi connectivity index (χ4n) is 2.46. The maximum absolute atomic E-state index is 12.5. The number of rotatable bonds is 4. The molecule has 94 valence electrons. The van der Waals surface area contributed by atoms with Gasteiger partial charge in [0.25, 0.3) is 0 Å². The average molecular weight is 244 g/mol. The van der Waals surface area contributed by atoms with Gasteiger partial charge in [0.05, 0.1) is 0 Å². The molecule has 0 aliphatic heterocycles. The van der Waals surface area contributed by atoms with E-state index in [1.807, 2.05) is 32.2 Å². The van der Waals surface area contributed by atoms with Crippen molar-refractivity contribution >= 4 is 16.9 Å². The lowest BCUT2D eigenvalue weighted by molar-refractivity contribution is 0.0900. The van der Waals surface area contributed by atoms with E-state index in [1.54, 1.807) is 0 Å². The highest BCUT2D eigenvalue weighted by atomic mass is 16.3. The van der Waals surface area contributed by atoms with Gasteiger partial charge in [0.1, 0.15) is 5.52 Å². The number of hydrogen-bond acceptors (Lipinski definition) is 4. The predicted octanol–water partition coefficient (Wildman–Crippen LogP) is 2.32. The van der Waals surface area contributed by atoms with Crippen molar-refractivity contribution in [2.75, 3.05) is 13.6 Å². The van der Waals surface area contributed by atoms with Crippen molar-refractivity contribution in [3.63, 3.8) is 0 Å². The van der Waals surface area contributed by atoms with Gasteiger partial charge in [0.2, 0.25) is 0 Å². The number of ketones is 1. The van der Waals surface area contributed by atoms with Gasteiger partial charge in [0, 0.05) is 24.4 Å². The first-order valence-electron chi connectivity index (χ1n) is 6.21. The molecule has 3 rings (SSSR count). The molecular weight excluding hydrogens is 228 g/mol. The van der Waals surface area contributed by atoms with Crippen LogP contribution in [0.5, 0.6) is 0 Å². The van der Waals surface area contributed by atoms with Crippen LogP contribution in [0.25, 0.3) is 11.1 Å². The molecular formula is C14H16N2O2. The lowest BCUT2D eigenvalue weighted by Crippen LogP contribution is -2.27. The molecule has 1 aliphatic carbocycles. The predicted molar refractivity (Wildman–Crippen MR) is 68.7 cm³/mol. The van der Waals surface area contributed by atoms with E-state index in [2.05, 4.69) is 10.3 Å². The summed E-state index contributed by atoms with van der Waals surface area (Å²) in [6.07, 6.45) is 1.95. The number of aromatic nitrogens is 1. The highest BCUT2D eigenvalue weighted by molar-refractivity contribution is 6.04. The van der Waals surface area contributed by atoms with E-state index in [0.29, 0.717) is 5.89 Å². The van der Waals surface area contributed by atoms with E-state index in [4.69, 9.17) is 4.42 Å². The van der Waals surface area contributed by atoms with Gasteiger partial charge >= 0.3 is 0 Å². The maximum atomic E-state index is 12.5. The van der Waals surface area contributed by atoms with Crippen LogP contribution in [0.1, 0.15) is 29.1 Å². The number of carbonyl (C=O) groups is 1. The van der Waals surface area contributed by atoms with Crippen molar-refractivity contribution in [1.82, 2.24) is 10.3 Å². The topological polar surface area (TPSA) is 55.1 Å². The van der Waals surface area contributed by atoms with E-state index in [9.17, 15) is 4.79 Å². The van der Waals surface area contributed by atoms with Crippen LogP contribution in [0.15, 0.2) is 22.6 Å². The third-order valence-corrected chi connectivity index (χ3v) is 3.61. The summed E-state index contributed by atoms with van der Waals surface area (Å²) in [7, 11) is 1.89. The summed E-state index contributed by atoms with van der Waals surface area (Å²) in [5.74, 6) is 0.852. The summed E-state index contributed by atoms with van der Waals surface area (Å²) in [5, 5.41) is 3.11. The Morgan fingerprint density at radius 3 is 2.94 bits per heavy atom. The number of nitrogens with one attached hydrogen (secondary N) is 1. The molecule has 2 aromatic rings. The Kier molecular flexibility index (Phi) is 2.48. The first-order chi connectivity index (χ1) is 8.64. The van der Waals surface area contributed by atoms with E-state index < -0.39 is 0 Å². The Balaban J connectivity index is 1.96. The molecule has 18 heavy (non-hydrogen) atoms. The van der Waals surface area contributed by atoms with Gasteiger partial charge in [-0.05, 0) is 38.1 Å². The van der Waals surface area contributed by atoms with Crippen LogP contribution in [0.4, 0.5) is 0 Å². The quantitative estimate of drug-likeness (QED) is 0.838. The Morgan fingerprint density at radius 2 is 2.28 bits per heavy atom. The van der Waals surface area contributed by atoms with Crippen molar-refractivity contribution in [2.45, 2.75) is 19.8 Å². The van der Waals surface area contributed by atoms with Gasteiger partial charge in [-0.25, -0.2) is 4.98 Å². The first-order valence-corrected chi connectivity index (χ1v) is 6.21. The molecule has 1 aromatic carbocycles. The van der Waals surface area contributed by atoms with Crippen LogP contribution < -0.4 is 5.32 Å². The van der Waals surface area contributed by atoms with Gasteiger partial charge in [-0.1, -0.05) is 0 Å². The second-order valence-electron chi connectivity index (χ2n) is 5.06. The molecule has 0 atom stereocenters. The zero-order chi connectivity index (χ0) is 12.8. The Bertz CT molecular complexity index is 611. The molecule has 0 unspecified atom stereocenters. The second-order valence-corrected chi connectivity index (χ2v) is 5.06. The molecule has 0 radical (unpaired) electrons. The van der Waals surface area contributed by atoms with Gasteiger partial charge in [-0.15, -0.1) is 0 Å². The van der Waals surface area contributed by atoms with Gasteiger partial charge < -0.3 is 9.73 Å². The summed E-state index contributed by atoms with van der Waals surface area (Å²) in [6, 6.07) is 5.51. The summed E-state index contributed by atoms with van der Waals surface area (Å²) in [6.45, 7) is 2.56. The number of nitrogens with zero attached hydrogens (tertiary/aromatic N) is 1. The molecule has 1 aliphatic rings. The summed E-state index contributed by atoms with van der Waals surface area (Å²) in [5.41, 5.74) is 2.06. The molecule has 1 aromatic heterocycles. The third kappa shape index (κ3) is 1.73. The number of aryl methyl sites for hydroxylation is 1. The third-order valence-electron chi connectivity index (χ3n) is 3.61. The van der Waals surface area contributed by atoms with E-state index >= 15 is 0 Å². The van der Waals surface area contributed by atoms with E-state index in [1.165, 1.54) is 0 Å². The Hall–Kier alpha value is -1.68. The van der Waals surface area contributed by atoms with Crippen LogP contribution >= 0.6 is 0 Å².